The van der Waals surface area contributed by atoms with Crippen molar-refractivity contribution in [2.45, 2.75) is 29.1 Å². The van der Waals surface area contributed by atoms with Gasteiger partial charge in [0.1, 0.15) is 0 Å². The summed E-state index contributed by atoms with van der Waals surface area (Å²) >= 11 is 0. The molecule has 8 heteroatoms. The Morgan fingerprint density at radius 2 is 1.25 bits per heavy atom. The fourth-order valence-electron chi connectivity index (χ4n) is 3.94. The molecule has 0 aliphatic carbocycles. The maximum atomic E-state index is 13.3. The van der Waals surface area contributed by atoms with E-state index in [1.54, 1.807) is 12.1 Å². The lowest BCUT2D eigenvalue weighted by Crippen LogP contribution is -2.35. The second-order valence-electron chi connectivity index (χ2n) is 7.79. The molecule has 3 aromatic carbocycles. The molecule has 1 saturated heterocycles. The van der Waals surface area contributed by atoms with Gasteiger partial charge in [0.15, 0.2) is 0 Å². The summed E-state index contributed by atoms with van der Waals surface area (Å²) in [6.07, 6.45) is 2.72. The predicted molar refractivity (Wildman–Crippen MR) is 127 cm³/mol. The minimum absolute atomic E-state index is 0.0421. The van der Waals surface area contributed by atoms with E-state index in [0.29, 0.717) is 18.8 Å². The molecule has 6 nitrogen and oxygen atoms in total. The number of hydrogen-bond acceptors (Lipinski definition) is 4. The average molecular weight is 471 g/mol. The van der Waals surface area contributed by atoms with Crippen LogP contribution < -0.4 is 4.31 Å². The van der Waals surface area contributed by atoms with Crippen molar-refractivity contribution in [2.24, 2.45) is 0 Å². The van der Waals surface area contributed by atoms with Gasteiger partial charge < -0.3 is 0 Å². The fraction of sp³-hybridized carbons (Fsp3) is 0.250. The van der Waals surface area contributed by atoms with Crippen molar-refractivity contribution in [2.75, 3.05) is 24.4 Å². The van der Waals surface area contributed by atoms with Crippen LogP contribution >= 0.6 is 0 Å². The first kappa shape index (κ1) is 22.5. The molecule has 0 spiro atoms. The summed E-state index contributed by atoms with van der Waals surface area (Å²) < 4.78 is 55.1. The van der Waals surface area contributed by atoms with Crippen molar-refractivity contribution in [3.05, 3.63) is 78.9 Å². The van der Waals surface area contributed by atoms with Crippen LogP contribution in [-0.2, 0) is 20.0 Å². The molecule has 4 rings (SSSR count). The Hall–Kier alpha value is -2.68. The number of para-hydroxylation sites is 1. The van der Waals surface area contributed by atoms with Gasteiger partial charge in [-0.05, 0) is 48.7 Å². The molecular weight excluding hydrogens is 444 g/mol. The fourth-order valence-corrected chi connectivity index (χ4v) is 6.67. The number of sulfonamides is 2. The maximum absolute atomic E-state index is 13.3. The van der Waals surface area contributed by atoms with E-state index in [1.807, 2.05) is 42.5 Å². The molecule has 32 heavy (non-hydrogen) atoms. The summed E-state index contributed by atoms with van der Waals surface area (Å²) in [5.74, 6) is 0. The number of piperidine rings is 1. The van der Waals surface area contributed by atoms with Crippen LogP contribution in [0, 0.1) is 0 Å². The van der Waals surface area contributed by atoms with Crippen LogP contribution in [0.1, 0.15) is 19.3 Å². The highest BCUT2D eigenvalue weighted by molar-refractivity contribution is 7.92. The zero-order chi connectivity index (χ0) is 22.8. The monoisotopic (exact) mass is 470 g/mol. The third-order valence-electron chi connectivity index (χ3n) is 5.76. The smallest absolute Gasteiger partial charge is 0.264 e. The first-order chi connectivity index (χ1) is 15.3. The van der Waals surface area contributed by atoms with Crippen LogP contribution in [0.15, 0.2) is 88.7 Å². The summed E-state index contributed by atoms with van der Waals surface area (Å²) in [5, 5.41) is 0. The van der Waals surface area contributed by atoms with Gasteiger partial charge in [0.05, 0.1) is 15.5 Å². The lowest BCUT2D eigenvalue weighted by Gasteiger charge is -2.26. The van der Waals surface area contributed by atoms with E-state index in [1.165, 1.54) is 39.9 Å². The summed E-state index contributed by atoms with van der Waals surface area (Å²) in [6.45, 7) is 1.00. The van der Waals surface area contributed by atoms with Gasteiger partial charge in [-0.25, -0.2) is 16.8 Å². The molecule has 0 bridgehead atoms. The molecule has 0 unspecified atom stereocenters. The number of anilines is 1. The molecule has 0 aromatic heterocycles. The van der Waals surface area contributed by atoms with Crippen LogP contribution in [-0.4, -0.2) is 41.3 Å². The Morgan fingerprint density at radius 1 is 0.688 bits per heavy atom. The van der Waals surface area contributed by atoms with Crippen LogP contribution in [0.3, 0.4) is 0 Å². The zero-order valence-corrected chi connectivity index (χ0v) is 19.5. The SMILES string of the molecule is CN(c1ccccc1-c1ccccc1)S(=O)(=O)c1ccc(S(=O)(=O)N2CCCCC2)cc1. The molecule has 168 valence electrons. The standard InChI is InChI=1S/C24H26N2O4S2/c1-25(24-13-7-6-12-23(24)20-10-4-2-5-11-20)31(27,28)21-14-16-22(17-15-21)32(29,30)26-18-8-3-9-19-26/h2,4-7,10-17H,3,8-9,18-19H2,1H3. The van der Waals surface area contributed by atoms with Crippen LogP contribution in [0.4, 0.5) is 5.69 Å². The van der Waals surface area contributed by atoms with Crippen molar-refractivity contribution in [1.82, 2.24) is 4.31 Å². The second-order valence-corrected chi connectivity index (χ2v) is 11.7. The minimum atomic E-state index is -3.88. The summed E-state index contributed by atoms with van der Waals surface area (Å²) in [5.41, 5.74) is 2.25. The summed E-state index contributed by atoms with van der Waals surface area (Å²) in [4.78, 5) is 0.158. The van der Waals surface area contributed by atoms with E-state index >= 15 is 0 Å². The maximum Gasteiger partial charge on any atom is 0.264 e. The Labute approximate surface area is 190 Å². The molecule has 1 aliphatic rings. The highest BCUT2D eigenvalue weighted by Crippen LogP contribution is 2.33. The van der Waals surface area contributed by atoms with Gasteiger partial charge in [0, 0.05) is 25.7 Å². The van der Waals surface area contributed by atoms with Crippen molar-refractivity contribution < 1.29 is 16.8 Å². The Bertz CT molecular complexity index is 1280. The van der Waals surface area contributed by atoms with E-state index in [2.05, 4.69) is 0 Å². The van der Waals surface area contributed by atoms with E-state index in [9.17, 15) is 16.8 Å². The Balaban J connectivity index is 1.65. The molecule has 1 aliphatic heterocycles. The summed E-state index contributed by atoms with van der Waals surface area (Å²) in [7, 11) is -5.99. The first-order valence-electron chi connectivity index (χ1n) is 10.6. The van der Waals surface area contributed by atoms with Gasteiger partial charge in [-0.15, -0.1) is 0 Å². The number of benzene rings is 3. The normalized spacial score (nSPS) is 15.4. The highest BCUT2D eigenvalue weighted by Gasteiger charge is 2.28. The van der Waals surface area contributed by atoms with Crippen molar-refractivity contribution in [3.63, 3.8) is 0 Å². The Kier molecular flexibility index (Phi) is 6.37. The van der Waals surface area contributed by atoms with E-state index in [0.717, 1.165) is 30.4 Å². The average Bonchev–Trinajstić information content (AvgIpc) is 2.84. The topological polar surface area (TPSA) is 74.8 Å². The van der Waals surface area contributed by atoms with Crippen molar-refractivity contribution in [3.8, 4) is 11.1 Å². The summed E-state index contributed by atoms with van der Waals surface area (Å²) in [6, 6.07) is 22.4. The number of nitrogens with zero attached hydrogens (tertiary/aromatic N) is 2. The predicted octanol–water partition coefficient (Wildman–Crippen LogP) is 4.35. The van der Waals surface area contributed by atoms with Gasteiger partial charge >= 0.3 is 0 Å². The Morgan fingerprint density at radius 3 is 1.91 bits per heavy atom. The molecule has 3 aromatic rings. The second kappa shape index (κ2) is 9.05. The van der Waals surface area contributed by atoms with Crippen molar-refractivity contribution in [1.29, 1.82) is 0 Å². The van der Waals surface area contributed by atoms with E-state index in [-0.39, 0.29) is 9.79 Å². The van der Waals surface area contributed by atoms with E-state index < -0.39 is 20.0 Å². The van der Waals surface area contributed by atoms with Crippen LogP contribution in [0.25, 0.3) is 11.1 Å². The third-order valence-corrected chi connectivity index (χ3v) is 9.46. The molecule has 0 N–H and O–H groups in total. The quantitative estimate of drug-likeness (QED) is 0.537. The zero-order valence-electron chi connectivity index (χ0n) is 17.9. The third kappa shape index (κ3) is 4.30. The van der Waals surface area contributed by atoms with Crippen LogP contribution in [0.5, 0.6) is 0 Å². The first-order valence-corrected chi connectivity index (χ1v) is 13.4. The van der Waals surface area contributed by atoms with Crippen molar-refractivity contribution >= 4 is 25.7 Å². The lowest BCUT2D eigenvalue weighted by atomic mass is 10.0. The molecule has 0 atom stereocenters. The molecule has 1 heterocycles. The van der Waals surface area contributed by atoms with Gasteiger partial charge in [0.2, 0.25) is 10.0 Å². The molecule has 1 fully saturated rings. The molecule has 0 amide bonds. The molecule has 0 saturated carbocycles. The van der Waals surface area contributed by atoms with Gasteiger partial charge in [-0.2, -0.15) is 4.31 Å². The van der Waals surface area contributed by atoms with Gasteiger partial charge in [-0.1, -0.05) is 55.0 Å². The minimum Gasteiger partial charge on any atom is -0.269 e. The molecular formula is C24H26N2O4S2. The van der Waals surface area contributed by atoms with Gasteiger partial charge in [-0.3, -0.25) is 4.31 Å². The van der Waals surface area contributed by atoms with Gasteiger partial charge in [0.25, 0.3) is 10.0 Å². The lowest BCUT2D eigenvalue weighted by molar-refractivity contribution is 0.346. The van der Waals surface area contributed by atoms with Crippen LogP contribution in [0.2, 0.25) is 0 Å². The highest BCUT2D eigenvalue weighted by atomic mass is 32.2. The number of hydrogen-bond donors (Lipinski definition) is 0. The molecule has 0 radical (unpaired) electrons. The largest absolute Gasteiger partial charge is 0.269 e. The number of rotatable bonds is 6. The van der Waals surface area contributed by atoms with E-state index in [4.69, 9.17) is 0 Å².